The fourth-order valence-electron chi connectivity index (χ4n) is 4.68. The molecule has 4 rings (SSSR count). The van der Waals surface area contributed by atoms with Gasteiger partial charge in [0.2, 0.25) is 5.12 Å². The van der Waals surface area contributed by atoms with Gasteiger partial charge in [-0.1, -0.05) is 79.6 Å². The summed E-state index contributed by atoms with van der Waals surface area (Å²) in [5.41, 5.74) is 2.14. The highest BCUT2D eigenvalue weighted by Gasteiger charge is 2.39. The number of fused-ring (bicyclic) bond motifs is 2. The van der Waals surface area contributed by atoms with Gasteiger partial charge in [-0.05, 0) is 25.7 Å². The number of thioether (sulfide) groups is 2. The Morgan fingerprint density at radius 2 is 1.52 bits per heavy atom. The van der Waals surface area contributed by atoms with Crippen LogP contribution in [0.5, 0.6) is 0 Å². The van der Waals surface area contributed by atoms with Crippen molar-refractivity contribution < 1.29 is 9.90 Å². The molecule has 3 fully saturated rings. The lowest BCUT2D eigenvalue weighted by atomic mass is 9.83. The maximum Gasteiger partial charge on any atom is 0.215 e. The first-order valence-corrected chi connectivity index (χ1v) is 11.4. The van der Waals surface area contributed by atoms with Crippen molar-refractivity contribution in [2.75, 3.05) is 0 Å². The van der Waals surface area contributed by atoms with Crippen molar-refractivity contribution in [1.29, 1.82) is 0 Å². The maximum absolute atomic E-state index is 12.2. The molecule has 0 radical (unpaired) electrons. The highest BCUT2D eigenvalue weighted by molar-refractivity contribution is 8.15. The molecular weight excluding hydrogens is 348 g/mol. The van der Waals surface area contributed by atoms with Crippen LogP contribution in [0.25, 0.3) is 0 Å². The van der Waals surface area contributed by atoms with Crippen molar-refractivity contribution in [3.8, 4) is 0 Å². The van der Waals surface area contributed by atoms with Crippen molar-refractivity contribution in [3.63, 3.8) is 0 Å². The van der Waals surface area contributed by atoms with Crippen LogP contribution < -0.4 is 0 Å². The van der Waals surface area contributed by atoms with E-state index < -0.39 is 0 Å². The fraction of sp³-hybridized carbons (Fsp3) is 0.571. The monoisotopic (exact) mass is 374 g/mol. The minimum Gasteiger partial charge on any atom is -0.502 e. The number of carbonyl (C=O) groups is 1. The van der Waals surface area contributed by atoms with Gasteiger partial charge in [0.1, 0.15) is 0 Å². The number of aliphatic hydroxyl groups is 1. The van der Waals surface area contributed by atoms with Crippen molar-refractivity contribution in [3.05, 3.63) is 46.6 Å². The summed E-state index contributed by atoms with van der Waals surface area (Å²) in [6.07, 6.45) is 20.0. The summed E-state index contributed by atoms with van der Waals surface area (Å²) >= 11 is 3.21. The van der Waals surface area contributed by atoms with E-state index in [4.69, 9.17) is 0 Å². The largest absolute Gasteiger partial charge is 0.502 e. The molecule has 2 saturated carbocycles. The van der Waals surface area contributed by atoms with Crippen molar-refractivity contribution in [2.24, 2.45) is 11.8 Å². The molecule has 2 aliphatic carbocycles. The Morgan fingerprint density at radius 1 is 0.840 bits per heavy atom. The van der Waals surface area contributed by atoms with E-state index in [0.29, 0.717) is 27.4 Å². The van der Waals surface area contributed by atoms with E-state index in [1.807, 2.05) is 24.3 Å². The van der Waals surface area contributed by atoms with Gasteiger partial charge in [-0.3, -0.25) is 4.79 Å². The number of carbonyl (C=O) groups excluding carboxylic acids is 1. The first-order chi connectivity index (χ1) is 12.2. The predicted octanol–water partition coefficient (Wildman–Crippen LogP) is 5.93. The Bertz CT molecular complexity index is 659. The van der Waals surface area contributed by atoms with Crippen LogP contribution in [0.4, 0.5) is 0 Å². The summed E-state index contributed by atoms with van der Waals surface area (Å²) in [6, 6.07) is 0. The van der Waals surface area contributed by atoms with Crippen LogP contribution >= 0.6 is 23.5 Å². The standard InChI is InChI=1S/C21H26O2S2/c22-20-16(14-8-4-6-12-18(14)24-20)10-2-1-3-11-17-15-9-5-7-13-19(15)25-21(17)23/h1-3,10-11,14-15,18-19,22H,4-9,12-13H2. The van der Waals surface area contributed by atoms with Crippen LogP contribution in [0, 0.1) is 11.8 Å². The second-order valence-corrected chi connectivity index (χ2v) is 9.95. The minimum absolute atomic E-state index is 0.281. The highest BCUT2D eigenvalue weighted by atomic mass is 32.2. The quantitative estimate of drug-likeness (QED) is 0.490. The average molecular weight is 375 g/mol. The molecule has 0 spiro atoms. The minimum atomic E-state index is 0.281. The number of hydrogen-bond acceptors (Lipinski definition) is 4. The number of hydrogen-bond donors (Lipinski definition) is 1. The molecule has 2 aliphatic heterocycles. The third kappa shape index (κ3) is 3.66. The van der Waals surface area contributed by atoms with Gasteiger partial charge in [-0.2, -0.15) is 0 Å². The van der Waals surface area contributed by atoms with E-state index in [0.717, 1.165) is 11.1 Å². The predicted molar refractivity (Wildman–Crippen MR) is 108 cm³/mol. The molecule has 4 aliphatic rings. The molecule has 0 aromatic carbocycles. The number of rotatable bonds is 3. The van der Waals surface area contributed by atoms with Crippen LogP contribution in [-0.2, 0) is 4.79 Å². The summed E-state index contributed by atoms with van der Waals surface area (Å²) in [5.74, 6) is 0.999. The van der Waals surface area contributed by atoms with Crippen molar-refractivity contribution >= 4 is 28.6 Å². The lowest BCUT2D eigenvalue weighted by molar-refractivity contribution is -0.107. The summed E-state index contributed by atoms with van der Waals surface area (Å²) in [6.45, 7) is 0. The summed E-state index contributed by atoms with van der Waals surface area (Å²) in [5, 5.41) is 12.1. The van der Waals surface area contributed by atoms with Gasteiger partial charge >= 0.3 is 0 Å². The van der Waals surface area contributed by atoms with Gasteiger partial charge in [0, 0.05) is 33.5 Å². The van der Waals surface area contributed by atoms with Gasteiger partial charge in [-0.25, -0.2) is 0 Å². The summed E-state index contributed by atoms with van der Waals surface area (Å²) in [4.78, 5) is 12.2. The van der Waals surface area contributed by atoms with Gasteiger partial charge in [-0.15, -0.1) is 0 Å². The first kappa shape index (κ1) is 17.5. The summed E-state index contributed by atoms with van der Waals surface area (Å²) in [7, 11) is 0. The van der Waals surface area contributed by atoms with Crippen LogP contribution in [0.2, 0.25) is 0 Å². The topological polar surface area (TPSA) is 37.3 Å². The van der Waals surface area contributed by atoms with E-state index in [-0.39, 0.29) is 5.12 Å². The highest BCUT2D eigenvalue weighted by Crippen LogP contribution is 2.48. The molecule has 4 atom stereocenters. The van der Waals surface area contributed by atoms with Gasteiger partial charge in [0.05, 0.1) is 0 Å². The third-order valence-electron chi connectivity index (χ3n) is 5.98. The summed E-state index contributed by atoms with van der Waals surface area (Å²) < 4.78 is 0. The lowest BCUT2D eigenvalue weighted by Crippen LogP contribution is -2.18. The first-order valence-electron chi connectivity index (χ1n) is 9.60. The second kappa shape index (κ2) is 7.79. The number of aliphatic hydroxyl groups excluding tert-OH is 1. The van der Waals surface area contributed by atoms with Gasteiger partial charge in [0.15, 0.2) is 5.09 Å². The van der Waals surface area contributed by atoms with E-state index in [2.05, 4.69) is 6.08 Å². The Kier molecular flexibility index (Phi) is 5.47. The molecule has 25 heavy (non-hydrogen) atoms. The smallest absolute Gasteiger partial charge is 0.215 e. The Hall–Kier alpha value is -0.870. The van der Waals surface area contributed by atoms with Gasteiger partial charge in [0.25, 0.3) is 0 Å². The van der Waals surface area contributed by atoms with Crippen molar-refractivity contribution in [1.82, 2.24) is 0 Å². The molecular formula is C21H26O2S2. The molecule has 1 saturated heterocycles. The number of allylic oxidation sites excluding steroid dienone is 6. The zero-order chi connectivity index (χ0) is 17.2. The molecule has 0 amide bonds. The maximum atomic E-state index is 12.2. The zero-order valence-corrected chi connectivity index (χ0v) is 16.2. The molecule has 0 aromatic rings. The Morgan fingerprint density at radius 3 is 2.32 bits per heavy atom. The molecule has 4 unspecified atom stereocenters. The average Bonchev–Trinajstić information content (AvgIpc) is 3.11. The van der Waals surface area contributed by atoms with Crippen molar-refractivity contribution in [2.45, 2.75) is 61.9 Å². The van der Waals surface area contributed by atoms with Crippen LogP contribution in [0.15, 0.2) is 46.6 Å². The molecule has 0 bridgehead atoms. The Labute approximate surface area is 158 Å². The van der Waals surface area contributed by atoms with Crippen LogP contribution in [0.3, 0.4) is 0 Å². The molecule has 2 nitrogen and oxygen atoms in total. The Balaban J connectivity index is 1.40. The van der Waals surface area contributed by atoms with E-state index in [1.54, 1.807) is 23.5 Å². The van der Waals surface area contributed by atoms with E-state index in [9.17, 15) is 9.90 Å². The van der Waals surface area contributed by atoms with Gasteiger partial charge < -0.3 is 5.11 Å². The molecule has 4 heteroatoms. The van der Waals surface area contributed by atoms with Crippen LogP contribution in [-0.4, -0.2) is 20.7 Å². The third-order valence-corrected chi connectivity index (χ3v) is 8.62. The second-order valence-electron chi connectivity index (χ2n) is 7.51. The normalized spacial score (nSPS) is 37.4. The van der Waals surface area contributed by atoms with E-state index in [1.165, 1.54) is 51.4 Å². The van der Waals surface area contributed by atoms with Crippen LogP contribution in [0.1, 0.15) is 51.4 Å². The SMILES string of the molecule is O=C1SC2CCCCC2C1=CC=CC=CC1=C(O)SC2CCCCC12. The fourth-order valence-corrected chi connectivity index (χ4v) is 7.42. The lowest BCUT2D eigenvalue weighted by Gasteiger charge is -2.25. The zero-order valence-electron chi connectivity index (χ0n) is 14.5. The molecule has 2 heterocycles. The molecule has 1 N–H and O–H groups in total. The van der Waals surface area contributed by atoms with E-state index >= 15 is 0 Å². The molecule has 134 valence electrons. The molecule has 0 aromatic heterocycles.